The summed E-state index contributed by atoms with van der Waals surface area (Å²) in [7, 11) is 0. The van der Waals surface area contributed by atoms with Gasteiger partial charge in [0.05, 0.1) is 39.8 Å². The van der Waals surface area contributed by atoms with Crippen LogP contribution in [0.2, 0.25) is 0 Å². The van der Waals surface area contributed by atoms with Gasteiger partial charge in [0.15, 0.2) is 17.5 Å². The lowest BCUT2D eigenvalue weighted by atomic mass is 9.92. The van der Waals surface area contributed by atoms with Crippen molar-refractivity contribution in [3.05, 3.63) is 175 Å². The van der Waals surface area contributed by atoms with Crippen LogP contribution in [0.4, 0.5) is 0 Å². The van der Waals surface area contributed by atoms with Gasteiger partial charge in [-0.3, -0.25) is 0 Å². The molecule has 0 spiro atoms. The molecule has 0 atom stereocenters. The molecule has 0 amide bonds. The summed E-state index contributed by atoms with van der Waals surface area (Å²) in [5.41, 5.74) is -5.57. The van der Waals surface area contributed by atoms with Crippen molar-refractivity contribution in [2.24, 2.45) is 0 Å². The lowest BCUT2D eigenvalue weighted by molar-refractivity contribution is 0.669. The predicted molar refractivity (Wildman–Crippen MR) is 240 cm³/mol. The summed E-state index contributed by atoms with van der Waals surface area (Å²) in [6.07, 6.45) is 0. The molecule has 266 valence electrons. The second-order valence-electron chi connectivity index (χ2n) is 12.1. The van der Waals surface area contributed by atoms with Crippen molar-refractivity contribution in [1.29, 1.82) is 0 Å². The van der Waals surface area contributed by atoms with Gasteiger partial charge < -0.3 is 4.42 Å². The number of nitrogens with zero attached hydrogens (tertiary/aromatic N) is 3. The molecule has 4 nitrogen and oxygen atoms in total. The zero-order valence-electron chi connectivity index (χ0n) is 57.1. The van der Waals surface area contributed by atoms with E-state index in [0.29, 0.717) is 22.7 Å². The first kappa shape index (κ1) is 14.8. The van der Waals surface area contributed by atoms with Crippen molar-refractivity contribution in [3.8, 4) is 56.4 Å². The van der Waals surface area contributed by atoms with E-state index in [1.165, 1.54) is 0 Å². The molecule has 6 heteroatoms. The smallest absolute Gasteiger partial charge is 0.165 e. The molecule has 8 aromatic carbocycles. The zero-order valence-corrected chi connectivity index (χ0v) is 29.7. The van der Waals surface area contributed by atoms with Crippen molar-refractivity contribution < 1.29 is 44.2 Å². The van der Waals surface area contributed by atoms with Gasteiger partial charge in [0, 0.05) is 73.4 Å². The molecule has 12 aromatic rings. The molecule has 0 unspecified atom stereocenters. The lowest BCUT2D eigenvalue weighted by Crippen LogP contribution is -2.00. The highest BCUT2D eigenvalue weighted by Gasteiger charge is 2.22. The Kier molecular flexibility index (Phi) is 3.32. The second-order valence-corrected chi connectivity index (χ2v) is 14.1. The Bertz CT molecular complexity index is 5100. The third-order valence-electron chi connectivity index (χ3n) is 8.94. The molecule has 0 N–H and O–H groups in total. The van der Waals surface area contributed by atoms with Crippen molar-refractivity contribution in [2.75, 3.05) is 0 Å². The minimum Gasteiger partial charge on any atom is -0.456 e. The van der Waals surface area contributed by atoms with E-state index < -0.39 is 264 Å². The van der Waals surface area contributed by atoms with Crippen molar-refractivity contribution in [2.45, 2.75) is 0 Å². The first-order valence-electron chi connectivity index (χ1n) is 31.1. The van der Waals surface area contributed by atoms with Gasteiger partial charge in [-0.25, -0.2) is 15.0 Å². The summed E-state index contributed by atoms with van der Waals surface area (Å²) >= 11 is 1.19. The number of hydrogen-bond donors (Lipinski definition) is 0. The third kappa shape index (κ3) is 5.15. The van der Waals surface area contributed by atoms with Crippen LogP contribution in [0.1, 0.15) is 39.8 Å². The second kappa shape index (κ2) is 12.8. The van der Waals surface area contributed by atoms with Crippen LogP contribution in [-0.2, 0) is 0 Å². The minimum absolute atomic E-state index is 0.133. The minimum atomic E-state index is -0.934. The Balaban J connectivity index is 1.30. The number of thiophene rings is 2. The van der Waals surface area contributed by atoms with E-state index >= 15 is 0 Å². The highest BCUT2D eigenvalue weighted by Crippen LogP contribution is 2.48. The molecule has 0 fully saturated rings. The quantitative estimate of drug-likeness (QED) is 0.174. The first-order chi connectivity index (χ1) is 40.3. The first-order valence-corrected chi connectivity index (χ1v) is 18.2. The van der Waals surface area contributed by atoms with Gasteiger partial charge in [0.2, 0.25) is 0 Å². The predicted octanol–water partition coefficient (Wildman–Crippen LogP) is 14.8. The van der Waals surface area contributed by atoms with Crippen LogP contribution >= 0.6 is 22.7 Å². The van der Waals surface area contributed by atoms with E-state index in [4.69, 9.17) is 30.5 Å². The fourth-order valence-electron chi connectivity index (χ4n) is 6.56. The van der Waals surface area contributed by atoms with E-state index in [1.807, 2.05) is 0 Å². The van der Waals surface area contributed by atoms with E-state index in [1.54, 1.807) is 0 Å². The van der Waals surface area contributed by atoms with E-state index in [9.17, 15) is 13.7 Å². The largest absolute Gasteiger partial charge is 0.456 e. The van der Waals surface area contributed by atoms with Crippen LogP contribution in [0.3, 0.4) is 0 Å². The fraction of sp³-hybridized carbons (Fsp3) is 0. The van der Waals surface area contributed by atoms with Gasteiger partial charge in [-0.1, -0.05) is 139 Å². The molecule has 0 bridgehead atoms. The van der Waals surface area contributed by atoms with Crippen LogP contribution in [0, 0.1) is 0 Å². The van der Waals surface area contributed by atoms with Crippen LogP contribution in [0.25, 0.3) is 119 Å². The number of fused-ring (bicyclic) bond motifs is 9. The van der Waals surface area contributed by atoms with Gasteiger partial charge in [0.25, 0.3) is 0 Å². The molecule has 0 aliphatic rings. The number of hydrogen-bond acceptors (Lipinski definition) is 6. The van der Waals surface area contributed by atoms with E-state index in [2.05, 4.69) is 15.0 Å². The summed E-state index contributed by atoms with van der Waals surface area (Å²) in [5.74, 6) is -2.30. The molecule has 57 heavy (non-hydrogen) atoms. The standard InChI is InChI=1S/C51H29N3OS2/c1-3-14-30(15-4-1)49-52-50(31-16-5-2-6-17-31)54-51(53-49)39-24-12-22-35-34-21-11-23-36(47(34)57-48(35)39)40-28-32(29-42-45(40)37-18-7-9-25-41(37)55-42)33-20-13-27-44-46(33)38-19-8-10-26-43(38)56-44/h1-29H/i1D,2D,3D,4D,5D,6D,7D,8D,9D,10D,11D,12D,13D,14D,15D,16D,17D,18D,19D,20D,21D,22D,23D,24D,25D,26D,27D,28D,29D. The Morgan fingerprint density at radius 1 is 0.368 bits per heavy atom. The van der Waals surface area contributed by atoms with Gasteiger partial charge in [0.1, 0.15) is 11.2 Å². The van der Waals surface area contributed by atoms with Gasteiger partial charge in [-0.15, -0.1) is 22.7 Å². The molecule has 0 saturated heterocycles. The molecule has 0 aliphatic carbocycles. The molecular formula is C51H29N3OS2. The number of aromatic nitrogens is 3. The maximum Gasteiger partial charge on any atom is 0.165 e. The number of furan rings is 1. The van der Waals surface area contributed by atoms with Gasteiger partial charge in [-0.2, -0.15) is 0 Å². The number of benzene rings is 8. The van der Waals surface area contributed by atoms with Crippen molar-refractivity contribution in [3.63, 3.8) is 0 Å². The molecule has 4 aromatic heterocycles. The number of para-hydroxylation sites is 1. The Hall–Kier alpha value is -6.99. The summed E-state index contributed by atoms with van der Waals surface area (Å²) < 4.78 is 266. The monoisotopic (exact) mass is 792 g/mol. The summed E-state index contributed by atoms with van der Waals surface area (Å²) in [5, 5.41) is -2.36. The van der Waals surface area contributed by atoms with Crippen LogP contribution in [0.5, 0.6) is 0 Å². The highest BCUT2D eigenvalue weighted by molar-refractivity contribution is 7.27. The van der Waals surface area contributed by atoms with E-state index in [-0.39, 0.29) is 29.6 Å². The maximum atomic E-state index is 10.4. The van der Waals surface area contributed by atoms with Gasteiger partial charge in [-0.05, 0) is 52.9 Å². The topological polar surface area (TPSA) is 51.8 Å². The summed E-state index contributed by atoms with van der Waals surface area (Å²) in [4.78, 5) is 13.2. The zero-order chi connectivity index (χ0) is 62.7. The normalized spacial score (nSPS) is 19.0. The Morgan fingerprint density at radius 2 is 0.930 bits per heavy atom. The van der Waals surface area contributed by atoms with Gasteiger partial charge >= 0.3 is 0 Å². The molecular weight excluding hydrogens is 735 g/mol. The molecule has 0 aliphatic heterocycles. The maximum absolute atomic E-state index is 10.4. The lowest BCUT2D eigenvalue weighted by Gasteiger charge is -2.11. The highest BCUT2D eigenvalue weighted by atomic mass is 32.1. The third-order valence-corrected chi connectivity index (χ3v) is 11.2. The molecule has 12 rings (SSSR count). The van der Waals surface area contributed by atoms with Crippen molar-refractivity contribution in [1.82, 2.24) is 15.0 Å². The summed E-state index contributed by atoms with van der Waals surface area (Å²) in [6, 6.07) is -23.7. The van der Waals surface area contributed by atoms with Crippen LogP contribution < -0.4 is 0 Å². The average molecular weight is 793 g/mol. The molecule has 0 saturated carbocycles. The SMILES string of the molecule is [2H]c1c([2H])c([2H])c(-c2nc(-c3c([2H])c([2H])c([2H])c([2H])c3[2H])nc(-c3c([2H])c([2H])c([2H])c4c3sc3c(-c5c([2H])c(-c6c([2H])c([2H])c([2H])c7sc8c([2H])c([2H])c([2H])c([2H])c8c67)c([2H])c6oc7c([2H])c([2H])c([2H])c([2H])c7c56)c([2H])c([2H])c([2H])c34)n2)c([2H])c1[2H]. The summed E-state index contributed by atoms with van der Waals surface area (Å²) in [6.45, 7) is 0. The van der Waals surface area contributed by atoms with Crippen LogP contribution in [0.15, 0.2) is 180 Å². The number of rotatable bonds is 5. The molecule has 4 heterocycles. The molecule has 0 radical (unpaired) electrons. The van der Waals surface area contributed by atoms with E-state index in [0.717, 1.165) is 0 Å². The fourth-order valence-corrected chi connectivity index (χ4v) is 8.74. The van der Waals surface area contributed by atoms with Crippen LogP contribution in [-0.4, -0.2) is 15.0 Å². The Morgan fingerprint density at radius 3 is 1.68 bits per heavy atom. The Labute approximate surface area is 375 Å². The van der Waals surface area contributed by atoms with Crippen molar-refractivity contribution >= 4 is 85.0 Å². The average Bonchev–Trinajstić information content (AvgIpc) is 1.56.